The van der Waals surface area contributed by atoms with E-state index in [0.29, 0.717) is 5.56 Å². The highest BCUT2D eigenvalue weighted by Crippen LogP contribution is 2.25. The van der Waals surface area contributed by atoms with Crippen LogP contribution in [0.25, 0.3) is 0 Å². The zero-order valence-electron chi connectivity index (χ0n) is 10.1. The number of nitro benzene ring substituents is 1. The predicted octanol–water partition coefficient (Wildman–Crippen LogP) is 1.03. The van der Waals surface area contributed by atoms with Crippen LogP contribution in [0.1, 0.15) is 5.56 Å². The number of nitro groups is 2. The standard InChI is InChI=1S/C10H10N6O4/c11-13-8-3-7(1-2-9(8)15(17)18)4-14-5-10(12-6-14)16(19)20/h1-3,5-6,13H,4,11H2. The van der Waals surface area contributed by atoms with Crippen molar-refractivity contribution in [3.63, 3.8) is 0 Å². The molecule has 3 N–H and O–H groups in total. The Morgan fingerprint density at radius 3 is 2.60 bits per heavy atom. The molecule has 0 saturated heterocycles. The molecule has 0 amide bonds. The first kappa shape index (κ1) is 13.4. The lowest BCUT2D eigenvalue weighted by atomic mass is 10.1. The summed E-state index contributed by atoms with van der Waals surface area (Å²) in [5.41, 5.74) is 2.97. The molecule has 0 bridgehead atoms. The number of nitrogens with two attached hydrogens (primary N) is 1. The topological polar surface area (TPSA) is 142 Å². The van der Waals surface area contributed by atoms with Gasteiger partial charge in [-0.25, -0.2) is 0 Å². The van der Waals surface area contributed by atoms with Crippen molar-refractivity contribution in [3.05, 3.63) is 56.5 Å². The molecule has 0 aliphatic rings. The van der Waals surface area contributed by atoms with Gasteiger partial charge in [0.2, 0.25) is 6.33 Å². The Labute approximate surface area is 112 Å². The van der Waals surface area contributed by atoms with Gasteiger partial charge in [-0.05, 0) is 21.5 Å². The van der Waals surface area contributed by atoms with Crippen molar-refractivity contribution < 1.29 is 9.85 Å². The third-order valence-electron chi connectivity index (χ3n) is 2.58. The number of benzene rings is 1. The molecular weight excluding hydrogens is 268 g/mol. The quantitative estimate of drug-likeness (QED) is 0.472. The number of anilines is 1. The van der Waals surface area contributed by atoms with Gasteiger partial charge in [0.05, 0.1) is 11.5 Å². The number of hydrogen-bond acceptors (Lipinski definition) is 7. The van der Waals surface area contributed by atoms with E-state index in [4.69, 9.17) is 5.84 Å². The van der Waals surface area contributed by atoms with E-state index in [1.165, 1.54) is 29.2 Å². The van der Waals surface area contributed by atoms with Crippen LogP contribution in [-0.2, 0) is 6.54 Å². The molecule has 0 aliphatic carbocycles. The van der Waals surface area contributed by atoms with E-state index in [-0.39, 0.29) is 23.7 Å². The minimum atomic E-state index is -0.598. The van der Waals surface area contributed by atoms with Crippen molar-refractivity contribution in [3.8, 4) is 0 Å². The Bertz CT molecular complexity index is 668. The molecule has 0 unspecified atom stereocenters. The third-order valence-corrected chi connectivity index (χ3v) is 2.58. The summed E-state index contributed by atoms with van der Waals surface area (Å²) >= 11 is 0. The average molecular weight is 278 g/mol. The van der Waals surface area contributed by atoms with Gasteiger partial charge in [-0.1, -0.05) is 6.07 Å². The summed E-state index contributed by atoms with van der Waals surface area (Å²) in [6.07, 6.45) is 2.59. The van der Waals surface area contributed by atoms with Crippen LogP contribution in [0.5, 0.6) is 0 Å². The van der Waals surface area contributed by atoms with E-state index < -0.39 is 9.85 Å². The molecule has 1 aromatic heterocycles. The summed E-state index contributed by atoms with van der Waals surface area (Å²) < 4.78 is 1.50. The van der Waals surface area contributed by atoms with Gasteiger partial charge < -0.3 is 20.1 Å². The van der Waals surface area contributed by atoms with E-state index in [1.807, 2.05) is 0 Å². The first-order valence-electron chi connectivity index (χ1n) is 5.41. The molecule has 0 radical (unpaired) electrons. The first-order chi connectivity index (χ1) is 9.51. The van der Waals surface area contributed by atoms with E-state index >= 15 is 0 Å². The lowest BCUT2D eigenvalue weighted by Gasteiger charge is -2.05. The number of rotatable bonds is 5. The largest absolute Gasteiger partial charge is 0.381 e. The fourth-order valence-electron chi connectivity index (χ4n) is 1.70. The molecule has 104 valence electrons. The number of nitrogen functional groups attached to an aromatic ring is 1. The second-order valence-corrected chi connectivity index (χ2v) is 3.91. The molecule has 0 atom stereocenters. The number of imidazole rings is 1. The van der Waals surface area contributed by atoms with Gasteiger partial charge >= 0.3 is 5.82 Å². The Morgan fingerprint density at radius 1 is 1.30 bits per heavy atom. The average Bonchev–Trinajstić information content (AvgIpc) is 2.87. The molecule has 2 rings (SSSR count). The molecule has 0 aliphatic heterocycles. The van der Waals surface area contributed by atoms with Gasteiger partial charge in [0.15, 0.2) is 0 Å². The fourth-order valence-corrected chi connectivity index (χ4v) is 1.70. The highest BCUT2D eigenvalue weighted by Gasteiger charge is 2.14. The first-order valence-corrected chi connectivity index (χ1v) is 5.41. The van der Waals surface area contributed by atoms with Gasteiger partial charge in [0.1, 0.15) is 11.9 Å². The zero-order valence-corrected chi connectivity index (χ0v) is 10.1. The zero-order chi connectivity index (χ0) is 14.7. The summed E-state index contributed by atoms with van der Waals surface area (Å²) in [7, 11) is 0. The number of aromatic nitrogens is 2. The van der Waals surface area contributed by atoms with Crippen molar-refractivity contribution >= 4 is 17.2 Å². The van der Waals surface area contributed by atoms with Crippen molar-refractivity contribution in [2.45, 2.75) is 6.54 Å². The number of nitrogens with one attached hydrogen (secondary N) is 1. The van der Waals surface area contributed by atoms with E-state index in [2.05, 4.69) is 10.4 Å². The smallest absolute Gasteiger partial charge is 0.358 e. The monoisotopic (exact) mass is 278 g/mol. The molecule has 0 fully saturated rings. The van der Waals surface area contributed by atoms with Crippen LogP contribution in [-0.4, -0.2) is 19.4 Å². The van der Waals surface area contributed by atoms with Crippen LogP contribution in [0.15, 0.2) is 30.7 Å². The van der Waals surface area contributed by atoms with Crippen LogP contribution in [0, 0.1) is 20.2 Å². The molecule has 1 aromatic carbocycles. The molecule has 10 nitrogen and oxygen atoms in total. The summed E-state index contributed by atoms with van der Waals surface area (Å²) in [5, 5.41) is 21.3. The van der Waals surface area contributed by atoms with Crippen molar-refractivity contribution in [1.29, 1.82) is 0 Å². The maximum atomic E-state index is 10.7. The van der Waals surface area contributed by atoms with Gasteiger partial charge in [-0.15, -0.1) is 0 Å². The second kappa shape index (κ2) is 5.32. The van der Waals surface area contributed by atoms with Gasteiger partial charge in [-0.3, -0.25) is 16.0 Å². The van der Waals surface area contributed by atoms with Gasteiger partial charge in [-0.2, -0.15) is 0 Å². The van der Waals surface area contributed by atoms with Gasteiger partial charge in [0.25, 0.3) is 5.69 Å². The van der Waals surface area contributed by atoms with Crippen molar-refractivity contribution in [2.24, 2.45) is 5.84 Å². The van der Waals surface area contributed by atoms with E-state index in [0.717, 1.165) is 0 Å². The molecule has 10 heteroatoms. The lowest BCUT2D eigenvalue weighted by Crippen LogP contribution is -2.10. The minimum absolute atomic E-state index is 0.145. The summed E-state index contributed by atoms with van der Waals surface area (Å²) in [6.45, 7) is 0.285. The number of nitrogens with zero attached hydrogens (tertiary/aromatic N) is 4. The van der Waals surface area contributed by atoms with Crippen LogP contribution in [0.2, 0.25) is 0 Å². The third kappa shape index (κ3) is 2.70. The molecule has 20 heavy (non-hydrogen) atoms. The van der Waals surface area contributed by atoms with E-state index in [9.17, 15) is 20.2 Å². The van der Waals surface area contributed by atoms with Crippen LogP contribution in [0.4, 0.5) is 17.2 Å². The molecule has 0 spiro atoms. The second-order valence-electron chi connectivity index (χ2n) is 3.91. The maximum Gasteiger partial charge on any atom is 0.381 e. The summed E-state index contributed by atoms with van der Waals surface area (Å²) in [5.74, 6) is 4.97. The number of hydrazine groups is 1. The Kier molecular flexibility index (Phi) is 3.57. The van der Waals surface area contributed by atoms with Crippen molar-refractivity contribution in [1.82, 2.24) is 9.55 Å². The maximum absolute atomic E-state index is 10.7. The van der Waals surface area contributed by atoms with E-state index in [1.54, 1.807) is 6.07 Å². The Hall–Kier alpha value is -3.01. The normalized spacial score (nSPS) is 10.2. The minimum Gasteiger partial charge on any atom is -0.358 e. The van der Waals surface area contributed by atoms with Crippen LogP contribution < -0.4 is 11.3 Å². The van der Waals surface area contributed by atoms with Crippen LogP contribution in [0.3, 0.4) is 0 Å². The molecule has 1 heterocycles. The molecule has 0 saturated carbocycles. The lowest BCUT2D eigenvalue weighted by molar-refractivity contribution is -0.389. The molecular formula is C10H10N6O4. The van der Waals surface area contributed by atoms with Crippen molar-refractivity contribution in [2.75, 3.05) is 5.43 Å². The fraction of sp³-hybridized carbons (Fsp3) is 0.100. The summed E-state index contributed by atoms with van der Waals surface area (Å²) in [4.78, 5) is 23.7. The molecule has 2 aromatic rings. The Balaban J connectivity index is 2.25. The summed E-state index contributed by atoms with van der Waals surface area (Å²) in [6, 6.07) is 4.37. The highest BCUT2D eigenvalue weighted by molar-refractivity contribution is 5.62. The van der Waals surface area contributed by atoms with Crippen LogP contribution >= 0.6 is 0 Å². The number of hydrogen-bond donors (Lipinski definition) is 2. The van der Waals surface area contributed by atoms with Gasteiger partial charge in [0, 0.05) is 6.07 Å². The highest BCUT2D eigenvalue weighted by atomic mass is 16.6. The Morgan fingerprint density at radius 2 is 2.05 bits per heavy atom. The predicted molar refractivity (Wildman–Crippen MR) is 68.9 cm³/mol. The SMILES string of the molecule is NNc1cc(Cn2cnc([N+](=O)[O-])c2)ccc1[N+](=O)[O-].